The van der Waals surface area contributed by atoms with Crippen LogP contribution in [0.5, 0.6) is 5.75 Å². The minimum Gasteiger partial charge on any atom is -0.496 e. The molecular weight excluding hydrogens is 190 g/mol. The minimum absolute atomic E-state index is 0.217. The molecule has 2 atom stereocenters. The number of anilines is 1. The number of benzene rings is 1. The summed E-state index contributed by atoms with van der Waals surface area (Å²) in [5, 5.41) is 0. The molecule has 0 aromatic heterocycles. The number of carbonyl (C=O) groups is 1. The van der Waals surface area contributed by atoms with Crippen molar-refractivity contribution < 1.29 is 9.53 Å². The van der Waals surface area contributed by atoms with E-state index in [1.54, 1.807) is 12.0 Å². The van der Waals surface area contributed by atoms with Gasteiger partial charge in [-0.3, -0.25) is 4.79 Å². The number of nitrogens with zero attached hydrogens (tertiary/aromatic N) is 1. The molecule has 0 N–H and O–H groups in total. The Labute approximate surface area is 88.6 Å². The van der Waals surface area contributed by atoms with E-state index in [0.717, 1.165) is 17.9 Å². The summed E-state index contributed by atoms with van der Waals surface area (Å²) >= 11 is 0. The van der Waals surface area contributed by atoms with E-state index < -0.39 is 0 Å². The third-order valence-corrected chi connectivity index (χ3v) is 3.35. The summed E-state index contributed by atoms with van der Waals surface area (Å²) in [6.07, 6.45) is 0.989. The van der Waals surface area contributed by atoms with Crippen LogP contribution in [0.1, 0.15) is 17.9 Å². The first-order valence-corrected chi connectivity index (χ1v) is 5.09. The first-order chi connectivity index (χ1) is 7.22. The molecule has 2 unspecified atom stereocenters. The quantitative estimate of drug-likeness (QED) is 0.692. The molecule has 1 aromatic rings. The largest absolute Gasteiger partial charge is 0.496 e. The second-order valence-electron chi connectivity index (χ2n) is 4.19. The summed E-state index contributed by atoms with van der Waals surface area (Å²) in [5.74, 6) is 1.63. The highest BCUT2D eigenvalue weighted by molar-refractivity contribution is 6.01. The summed E-state index contributed by atoms with van der Waals surface area (Å²) < 4.78 is 5.15. The Hall–Kier alpha value is -1.51. The average molecular weight is 202 g/mol. The van der Waals surface area contributed by atoms with Crippen LogP contribution in [0.4, 0.5) is 5.69 Å². The van der Waals surface area contributed by atoms with Crippen LogP contribution in [-0.2, 0) is 4.79 Å². The van der Waals surface area contributed by atoms with Gasteiger partial charge in [-0.1, -0.05) is 0 Å². The molecule has 1 fully saturated rings. The number of carbonyl (C=O) groups excluding carboxylic acids is 1. The fourth-order valence-corrected chi connectivity index (χ4v) is 2.36. The fourth-order valence-electron chi connectivity index (χ4n) is 2.36. The fraction of sp³-hybridized carbons (Fsp3) is 0.417. The van der Waals surface area contributed by atoms with Crippen molar-refractivity contribution in [1.82, 2.24) is 0 Å². The first kappa shape index (κ1) is 8.77. The number of amides is 1. The molecule has 77 valence electrons. The Balaban J connectivity index is 2.12. The molecule has 15 heavy (non-hydrogen) atoms. The standard InChI is InChI=1S/C12H12NO2/c1-13-11-4-3-7(15-2)5-9(11)8-6-10(8)12(13)14/h4-5,8,10H,6H2,1-2H3. The number of methoxy groups -OCH3 is 1. The molecule has 3 nitrogen and oxygen atoms in total. The second-order valence-corrected chi connectivity index (χ2v) is 4.19. The van der Waals surface area contributed by atoms with Crippen molar-refractivity contribution in [3.8, 4) is 5.75 Å². The zero-order valence-corrected chi connectivity index (χ0v) is 8.78. The molecule has 0 spiro atoms. The molecule has 1 amide bonds. The maximum absolute atomic E-state index is 11.8. The summed E-state index contributed by atoms with van der Waals surface area (Å²) in [6.45, 7) is 0. The van der Waals surface area contributed by atoms with Crippen LogP contribution in [0, 0.1) is 12.0 Å². The third kappa shape index (κ3) is 1.09. The van der Waals surface area contributed by atoms with Crippen molar-refractivity contribution in [2.24, 2.45) is 5.92 Å². The zero-order chi connectivity index (χ0) is 10.6. The van der Waals surface area contributed by atoms with E-state index in [1.807, 2.05) is 19.2 Å². The van der Waals surface area contributed by atoms with Gasteiger partial charge in [-0.15, -0.1) is 0 Å². The maximum atomic E-state index is 11.8. The van der Waals surface area contributed by atoms with Crippen LogP contribution in [0.25, 0.3) is 0 Å². The van der Waals surface area contributed by atoms with Gasteiger partial charge in [0.05, 0.1) is 7.11 Å². The van der Waals surface area contributed by atoms with Crippen molar-refractivity contribution in [3.05, 3.63) is 23.8 Å². The van der Waals surface area contributed by atoms with Gasteiger partial charge >= 0.3 is 0 Å². The predicted octanol–water partition coefficient (Wildman–Crippen LogP) is 1.58. The Bertz CT molecular complexity index is 441. The van der Waals surface area contributed by atoms with Crippen molar-refractivity contribution in [2.45, 2.75) is 12.3 Å². The van der Waals surface area contributed by atoms with Crippen LogP contribution in [0.15, 0.2) is 12.1 Å². The molecule has 1 saturated carbocycles. The molecule has 1 heterocycles. The normalized spacial score (nSPS) is 27.1. The molecule has 1 aromatic carbocycles. The molecule has 1 radical (unpaired) electrons. The highest BCUT2D eigenvalue weighted by Crippen LogP contribution is 2.55. The predicted molar refractivity (Wildman–Crippen MR) is 56.1 cm³/mol. The van der Waals surface area contributed by atoms with E-state index in [0.29, 0.717) is 5.92 Å². The lowest BCUT2D eigenvalue weighted by Crippen LogP contribution is -2.31. The summed E-state index contributed by atoms with van der Waals surface area (Å²) in [5.41, 5.74) is 2.22. The Morgan fingerprint density at radius 2 is 2.33 bits per heavy atom. The van der Waals surface area contributed by atoms with E-state index in [1.165, 1.54) is 5.56 Å². The Morgan fingerprint density at radius 3 is 3.07 bits per heavy atom. The van der Waals surface area contributed by atoms with E-state index in [4.69, 9.17) is 4.74 Å². The molecule has 1 aliphatic carbocycles. The molecule has 0 bridgehead atoms. The van der Waals surface area contributed by atoms with Gasteiger partial charge in [0.1, 0.15) is 5.75 Å². The molecule has 0 saturated heterocycles. The van der Waals surface area contributed by atoms with E-state index >= 15 is 0 Å². The molecular formula is C12H12NO2. The highest BCUT2D eigenvalue weighted by atomic mass is 16.5. The van der Waals surface area contributed by atoms with Gasteiger partial charge < -0.3 is 9.64 Å². The van der Waals surface area contributed by atoms with Gasteiger partial charge in [0, 0.05) is 24.7 Å². The lowest BCUT2D eigenvalue weighted by Gasteiger charge is -2.25. The molecule has 3 rings (SSSR count). The molecule has 3 heteroatoms. The molecule has 2 aliphatic rings. The summed E-state index contributed by atoms with van der Waals surface area (Å²) in [6, 6.07) is 6.87. The smallest absolute Gasteiger partial charge is 0.230 e. The first-order valence-electron chi connectivity index (χ1n) is 5.09. The summed E-state index contributed by atoms with van der Waals surface area (Å²) in [7, 11) is 3.47. The second kappa shape index (κ2) is 2.75. The number of ether oxygens (including phenoxy) is 1. The van der Waals surface area contributed by atoms with Gasteiger partial charge in [0.15, 0.2) is 0 Å². The minimum atomic E-state index is 0.217. The Kier molecular flexibility index (Phi) is 1.61. The van der Waals surface area contributed by atoms with Crippen LogP contribution in [0.2, 0.25) is 0 Å². The van der Waals surface area contributed by atoms with Crippen molar-refractivity contribution in [3.63, 3.8) is 0 Å². The van der Waals surface area contributed by atoms with E-state index in [2.05, 4.69) is 6.07 Å². The maximum Gasteiger partial charge on any atom is 0.230 e. The van der Waals surface area contributed by atoms with Crippen LogP contribution in [-0.4, -0.2) is 20.1 Å². The van der Waals surface area contributed by atoms with Gasteiger partial charge in [-0.25, -0.2) is 0 Å². The summed E-state index contributed by atoms with van der Waals surface area (Å²) in [4.78, 5) is 13.5. The van der Waals surface area contributed by atoms with Gasteiger partial charge in [-0.05, 0) is 30.0 Å². The van der Waals surface area contributed by atoms with Gasteiger partial charge in [0.2, 0.25) is 5.91 Å². The van der Waals surface area contributed by atoms with E-state index in [9.17, 15) is 4.79 Å². The van der Waals surface area contributed by atoms with Gasteiger partial charge in [0.25, 0.3) is 0 Å². The average Bonchev–Trinajstić information content (AvgIpc) is 3.05. The van der Waals surface area contributed by atoms with E-state index in [-0.39, 0.29) is 11.8 Å². The zero-order valence-electron chi connectivity index (χ0n) is 8.78. The lowest BCUT2D eigenvalue weighted by atomic mass is 10.0. The Morgan fingerprint density at radius 1 is 1.53 bits per heavy atom. The number of rotatable bonds is 1. The van der Waals surface area contributed by atoms with Crippen molar-refractivity contribution >= 4 is 11.6 Å². The van der Waals surface area contributed by atoms with Crippen LogP contribution >= 0.6 is 0 Å². The van der Waals surface area contributed by atoms with Crippen LogP contribution < -0.4 is 9.64 Å². The molecule has 1 aliphatic heterocycles. The monoisotopic (exact) mass is 202 g/mol. The number of hydrogen-bond acceptors (Lipinski definition) is 2. The number of fused-ring (bicyclic) bond motifs is 3. The highest BCUT2D eigenvalue weighted by Gasteiger charge is 2.50. The topological polar surface area (TPSA) is 29.5 Å². The van der Waals surface area contributed by atoms with Crippen LogP contribution in [0.3, 0.4) is 0 Å². The third-order valence-electron chi connectivity index (χ3n) is 3.35. The SMILES string of the molecule is COc1[c]cc2c(c1)C1CC1C(=O)N2C. The van der Waals surface area contributed by atoms with Gasteiger partial charge in [-0.2, -0.15) is 0 Å². The van der Waals surface area contributed by atoms with Crippen molar-refractivity contribution in [1.29, 1.82) is 0 Å². The number of hydrogen-bond donors (Lipinski definition) is 0. The lowest BCUT2D eigenvalue weighted by molar-refractivity contribution is -0.119. The van der Waals surface area contributed by atoms with Crippen molar-refractivity contribution in [2.75, 3.05) is 19.1 Å².